The number of fused-ring (bicyclic) bond motifs is 2. The molecule has 0 saturated carbocycles. The Balaban J connectivity index is 1.39. The summed E-state index contributed by atoms with van der Waals surface area (Å²) in [4.78, 5) is 24.2. The molecule has 1 aliphatic carbocycles. The summed E-state index contributed by atoms with van der Waals surface area (Å²) in [6.45, 7) is 8.04. The Bertz CT molecular complexity index is 1560. The summed E-state index contributed by atoms with van der Waals surface area (Å²) >= 11 is 0. The van der Waals surface area contributed by atoms with Crippen molar-refractivity contribution in [1.82, 2.24) is 9.88 Å². The van der Waals surface area contributed by atoms with E-state index in [-0.39, 0.29) is 17.9 Å². The minimum Gasteiger partial charge on any atom is -0.482 e. The molecule has 1 aromatic heterocycles. The van der Waals surface area contributed by atoms with Gasteiger partial charge in [0.2, 0.25) is 0 Å². The topological polar surface area (TPSA) is 66.8 Å². The lowest BCUT2D eigenvalue weighted by Crippen LogP contribution is -2.30. The number of aromatic nitrogens is 1. The second-order valence-electron chi connectivity index (χ2n) is 10.3. The number of nitrogens with zero attached hydrogens (tertiary/aromatic N) is 3. The van der Waals surface area contributed by atoms with E-state index in [9.17, 15) is 4.79 Å². The van der Waals surface area contributed by atoms with Crippen molar-refractivity contribution in [2.75, 3.05) is 18.4 Å². The van der Waals surface area contributed by atoms with Crippen LogP contribution in [0.2, 0.25) is 0 Å². The number of aliphatic imine (C=N–C) groups is 1. The number of ketones is 1. The number of ether oxygens (including phenoxy) is 1. The number of hydrogen-bond acceptors (Lipinski definition) is 6. The number of rotatable bonds is 8. The first kappa shape index (κ1) is 24.9. The van der Waals surface area contributed by atoms with Crippen LogP contribution < -0.4 is 10.1 Å². The number of pyridine rings is 1. The molecule has 6 rings (SSSR count). The molecule has 2 unspecified atom stereocenters. The van der Waals surface area contributed by atoms with Gasteiger partial charge in [-0.1, -0.05) is 61.2 Å². The zero-order valence-electron chi connectivity index (χ0n) is 22.1. The molecule has 3 aromatic carbocycles. The molecule has 0 bridgehead atoms. The van der Waals surface area contributed by atoms with E-state index >= 15 is 0 Å². The van der Waals surface area contributed by atoms with E-state index in [1.165, 1.54) is 0 Å². The highest BCUT2D eigenvalue weighted by molar-refractivity contribution is 6.02. The number of Topliss-reactive ketones (excluding diaryl/α,β-unsaturated/α-hetero) is 1. The van der Waals surface area contributed by atoms with Gasteiger partial charge in [-0.15, -0.1) is 0 Å². The summed E-state index contributed by atoms with van der Waals surface area (Å²) in [5.41, 5.74) is 6.15. The summed E-state index contributed by atoms with van der Waals surface area (Å²) in [5, 5.41) is 4.62. The molecule has 2 atom stereocenters. The lowest BCUT2D eigenvalue weighted by atomic mass is 9.88. The highest BCUT2D eigenvalue weighted by atomic mass is 16.5. The van der Waals surface area contributed by atoms with Crippen molar-refractivity contribution in [1.29, 1.82) is 0 Å². The van der Waals surface area contributed by atoms with Crippen molar-refractivity contribution in [2.45, 2.75) is 38.3 Å². The molecular weight excluding hydrogens is 484 g/mol. The fourth-order valence-corrected chi connectivity index (χ4v) is 5.52. The predicted molar refractivity (Wildman–Crippen MR) is 157 cm³/mol. The van der Waals surface area contributed by atoms with Gasteiger partial charge in [-0.3, -0.25) is 14.8 Å². The summed E-state index contributed by atoms with van der Waals surface area (Å²) in [7, 11) is 0. The van der Waals surface area contributed by atoms with Crippen LogP contribution in [0.25, 0.3) is 16.6 Å². The van der Waals surface area contributed by atoms with Gasteiger partial charge < -0.3 is 15.0 Å². The van der Waals surface area contributed by atoms with Gasteiger partial charge in [0.05, 0.1) is 30.1 Å². The minimum atomic E-state index is -0.228. The monoisotopic (exact) mass is 516 g/mol. The Kier molecular flexibility index (Phi) is 6.84. The van der Waals surface area contributed by atoms with Crippen LogP contribution in [-0.2, 0) is 6.42 Å². The van der Waals surface area contributed by atoms with Crippen molar-refractivity contribution < 1.29 is 9.53 Å². The Morgan fingerprint density at radius 1 is 1.08 bits per heavy atom. The molecule has 1 aliphatic heterocycles. The van der Waals surface area contributed by atoms with E-state index in [0.717, 1.165) is 58.2 Å². The predicted octanol–water partition coefficient (Wildman–Crippen LogP) is 6.69. The zero-order valence-corrected chi connectivity index (χ0v) is 22.1. The Hall–Kier alpha value is -4.45. The van der Waals surface area contributed by atoms with Gasteiger partial charge in [-0.2, -0.15) is 0 Å². The first-order chi connectivity index (χ1) is 19.1. The summed E-state index contributed by atoms with van der Waals surface area (Å²) in [6.07, 6.45) is 5.67. The van der Waals surface area contributed by atoms with Crippen LogP contribution in [0.5, 0.6) is 5.75 Å². The number of benzene rings is 3. The average Bonchev–Trinajstić information content (AvgIpc) is 3.38. The van der Waals surface area contributed by atoms with Gasteiger partial charge in [0.25, 0.3) is 0 Å². The van der Waals surface area contributed by atoms with Crippen LogP contribution in [0.3, 0.4) is 0 Å². The van der Waals surface area contributed by atoms with E-state index in [1.54, 1.807) is 6.20 Å². The maximum absolute atomic E-state index is 12.9. The highest BCUT2D eigenvalue weighted by Crippen LogP contribution is 2.40. The third kappa shape index (κ3) is 5.15. The summed E-state index contributed by atoms with van der Waals surface area (Å²) in [5.74, 6) is 0.876. The lowest BCUT2D eigenvalue weighted by Gasteiger charge is -2.28. The molecule has 196 valence electrons. The smallest absolute Gasteiger partial charge is 0.163 e. The van der Waals surface area contributed by atoms with Gasteiger partial charge in [-0.25, -0.2) is 0 Å². The van der Waals surface area contributed by atoms with E-state index < -0.39 is 0 Å². The highest BCUT2D eigenvalue weighted by Gasteiger charge is 2.26. The second-order valence-corrected chi connectivity index (χ2v) is 10.3. The number of nitrogens with one attached hydrogen (secondary N) is 1. The SMILES string of the molecule is C=C(Nc1c(OC(CN2C=NC(C)C2)c2ccccc2)ccc2c1CCCC2=O)c1cccc2cccnc12. The quantitative estimate of drug-likeness (QED) is 0.283. The number of anilines is 1. The standard InChI is InChI=1S/C33H32N4O2/c1-22-19-37(21-35-22)20-31(24-9-4-3-5-10-24)39-30-17-16-27-28(14-7-15-29(27)38)33(30)36-23(2)26-13-6-11-25-12-8-18-34-32(25)26/h3-6,8-13,16-18,21-22,31,36H,2,7,14-15,19-20H2,1H3. The van der Waals surface area contributed by atoms with E-state index in [0.29, 0.717) is 24.4 Å². The summed E-state index contributed by atoms with van der Waals surface area (Å²) in [6, 6.07) is 24.4. The van der Waals surface area contributed by atoms with E-state index in [2.05, 4.69) is 45.8 Å². The second kappa shape index (κ2) is 10.7. The molecule has 4 aromatic rings. The maximum Gasteiger partial charge on any atom is 0.163 e. The van der Waals surface area contributed by atoms with Crippen molar-refractivity contribution in [3.05, 3.63) is 108 Å². The van der Waals surface area contributed by atoms with Crippen LogP contribution in [0.4, 0.5) is 5.69 Å². The largest absolute Gasteiger partial charge is 0.482 e. The van der Waals surface area contributed by atoms with Crippen molar-refractivity contribution in [2.24, 2.45) is 4.99 Å². The van der Waals surface area contributed by atoms with Crippen LogP contribution in [0.15, 0.2) is 90.6 Å². The molecule has 0 saturated heterocycles. The fourth-order valence-electron chi connectivity index (χ4n) is 5.52. The summed E-state index contributed by atoms with van der Waals surface area (Å²) < 4.78 is 6.82. The van der Waals surface area contributed by atoms with Gasteiger partial charge in [-0.05, 0) is 49.1 Å². The lowest BCUT2D eigenvalue weighted by molar-refractivity contribution is 0.0972. The number of carbonyl (C=O) groups is 1. The Morgan fingerprint density at radius 3 is 2.74 bits per heavy atom. The molecule has 2 aliphatic rings. The van der Waals surface area contributed by atoms with Crippen molar-refractivity contribution >= 4 is 34.4 Å². The first-order valence-corrected chi connectivity index (χ1v) is 13.5. The van der Waals surface area contributed by atoms with Gasteiger partial charge >= 0.3 is 0 Å². The van der Waals surface area contributed by atoms with E-state index in [1.807, 2.05) is 67.0 Å². The van der Waals surface area contributed by atoms with Gasteiger partial charge in [0.1, 0.15) is 11.9 Å². The molecular formula is C33H32N4O2. The fraction of sp³-hybridized carbons (Fsp3) is 0.242. The maximum atomic E-state index is 12.9. The first-order valence-electron chi connectivity index (χ1n) is 13.5. The van der Waals surface area contributed by atoms with Crippen molar-refractivity contribution in [3.8, 4) is 5.75 Å². The molecule has 6 heteroatoms. The van der Waals surface area contributed by atoms with Crippen LogP contribution in [0, 0.1) is 0 Å². The van der Waals surface area contributed by atoms with Crippen LogP contribution >= 0.6 is 0 Å². The average molecular weight is 517 g/mol. The molecule has 6 nitrogen and oxygen atoms in total. The molecule has 0 spiro atoms. The molecule has 0 radical (unpaired) electrons. The Morgan fingerprint density at radius 2 is 1.92 bits per heavy atom. The normalized spacial score (nSPS) is 17.2. The number of hydrogen-bond donors (Lipinski definition) is 1. The Labute approximate surface area is 229 Å². The third-order valence-corrected chi connectivity index (χ3v) is 7.46. The zero-order chi connectivity index (χ0) is 26.8. The van der Waals surface area contributed by atoms with Crippen molar-refractivity contribution in [3.63, 3.8) is 0 Å². The molecule has 0 fully saturated rings. The van der Waals surface area contributed by atoms with Gasteiger partial charge in [0.15, 0.2) is 5.78 Å². The molecule has 1 N–H and O–H groups in total. The molecule has 0 amide bonds. The minimum absolute atomic E-state index is 0.171. The van der Waals surface area contributed by atoms with Gasteiger partial charge in [0, 0.05) is 41.4 Å². The van der Waals surface area contributed by atoms with E-state index in [4.69, 9.17) is 4.74 Å². The third-order valence-electron chi connectivity index (χ3n) is 7.46. The molecule has 39 heavy (non-hydrogen) atoms. The number of carbonyl (C=O) groups excluding carboxylic acids is 1. The van der Waals surface area contributed by atoms with Crippen LogP contribution in [0.1, 0.15) is 52.9 Å². The van der Waals surface area contributed by atoms with Crippen LogP contribution in [-0.4, -0.2) is 41.1 Å². The molecule has 2 heterocycles. The number of para-hydroxylation sites is 1.